The van der Waals surface area contributed by atoms with Crippen LogP contribution in [0.2, 0.25) is 0 Å². The van der Waals surface area contributed by atoms with Crippen molar-refractivity contribution in [2.45, 2.75) is 26.2 Å². The van der Waals surface area contributed by atoms with Gasteiger partial charge >= 0.3 is 0 Å². The van der Waals surface area contributed by atoms with Crippen LogP contribution in [0.15, 0.2) is 30.5 Å². The van der Waals surface area contributed by atoms with E-state index in [0.717, 1.165) is 16.5 Å². The van der Waals surface area contributed by atoms with E-state index in [2.05, 4.69) is 15.6 Å². The van der Waals surface area contributed by atoms with E-state index < -0.39 is 0 Å². The Morgan fingerprint density at radius 1 is 1.10 bits per heavy atom. The molecule has 0 aliphatic heterocycles. The van der Waals surface area contributed by atoms with Crippen molar-refractivity contribution in [3.63, 3.8) is 0 Å². The number of hydrogen-bond donors (Lipinski definition) is 3. The average molecular weight is 287 g/mol. The molecule has 2 rings (SSSR count). The zero-order valence-electron chi connectivity index (χ0n) is 12.2. The van der Waals surface area contributed by atoms with Gasteiger partial charge < -0.3 is 15.6 Å². The van der Waals surface area contributed by atoms with Gasteiger partial charge in [-0.05, 0) is 25.0 Å². The molecule has 0 bridgehead atoms. The molecule has 21 heavy (non-hydrogen) atoms. The van der Waals surface area contributed by atoms with Crippen molar-refractivity contribution in [3.8, 4) is 0 Å². The number of aryl methyl sites for hydroxylation is 1. The minimum Gasteiger partial charge on any atom is -0.361 e. The summed E-state index contributed by atoms with van der Waals surface area (Å²) in [4.78, 5) is 26.2. The molecular weight excluding hydrogens is 266 g/mol. The molecule has 0 radical (unpaired) electrons. The average Bonchev–Trinajstić information content (AvgIpc) is 2.89. The van der Waals surface area contributed by atoms with Crippen LogP contribution in [0.25, 0.3) is 10.9 Å². The Balaban J connectivity index is 1.75. The highest BCUT2D eigenvalue weighted by atomic mass is 16.2. The number of H-pyrrole nitrogens is 1. The molecule has 112 valence electrons. The summed E-state index contributed by atoms with van der Waals surface area (Å²) in [6.45, 7) is 2.88. The largest absolute Gasteiger partial charge is 0.361 e. The molecule has 5 heteroatoms. The number of carbonyl (C=O) groups excluding carboxylic acids is 2. The van der Waals surface area contributed by atoms with Gasteiger partial charge in [0.15, 0.2) is 0 Å². The maximum atomic E-state index is 11.8. The van der Waals surface area contributed by atoms with Crippen molar-refractivity contribution in [2.75, 3.05) is 13.1 Å². The fourth-order valence-corrected chi connectivity index (χ4v) is 2.28. The Bertz CT molecular complexity index is 619. The van der Waals surface area contributed by atoms with Crippen LogP contribution in [0.5, 0.6) is 0 Å². The zero-order valence-corrected chi connectivity index (χ0v) is 12.2. The third kappa shape index (κ3) is 4.34. The first kappa shape index (κ1) is 15.1. The maximum absolute atomic E-state index is 11.8. The molecule has 0 spiro atoms. The first-order valence-electron chi connectivity index (χ1n) is 7.29. The molecule has 0 fully saturated rings. The van der Waals surface area contributed by atoms with Crippen molar-refractivity contribution >= 4 is 22.7 Å². The predicted molar refractivity (Wildman–Crippen MR) is 82.9 cm³/mol. The third-order valence-corrected chi connectivity index (χ3v) is 3.34. The fraction of sp³-hybridized carbons (Fsp3) is 0.375. The van der Waals surface area contributed by atoms with Crippen LogP contribution in [-0.4, -0.2) is 29.9 Å². The Kier molecular flexibility index (Phi) is 5.37. The summed E-state index contributed by atoms with van der Waals surface area (Å²) >= 11 is 0. The highest BCUT2D eigenvalue weighted by Crippen LogP contribution is 2.18. The number of aromatic nitrogens is 1. The molecule has 0 atom stereocenters. The van der Waals surface area contributed by atoms with Gasteiger partial charge in [-0.25, -0.2) is 0 Å². The first-order valence-corrected chi connectivity index (χ1v) is 7.29. The van der Waals surface area contributed by atoms with Crippen LogP contribution in [0.1, 0.15) is 25.3 Å². The Morgan fingerprint density at radius 3 is 2.67 bits per heavy atom. The topological polar surface area (TPSA) is 74.0 Å². The van der Waals surface area contributed by atoms with Gasteiger partial charge in [0.25, 0.3) is 0 Å². The van der Waals surface area contributed by atoms with Crippen molar-refractivity contribution in [1.82, 2.24) is 15.6 Å². The highest BCUT2D eigenvalue weighted by Gasteiger charge is 2.07. The molecule has 0 aliphatic carbocycles. The summed E-state index contributed by atoms with van der Waals surface area (Å²) in [6.07, 6.45) is 3.40. The molecule has 2 amide bonds. The van der Waals surface area contributed by atoms with E-state index in [9.17, 15) is 9.59 Å². The lowest BCUT2D eigenvalue weighted by Crippen LogP contribution is -2.30. The molecule has 1 aromatic carbocycles. The second kappa shape index (κ2) is 7.47. The third-order valence-electron chi connectivity index (χ3n) is 3.34. The first-order chi connectivity index (χ1) is 10.2. The summed E-state index contributed by atoms with van der Waals surface area (Å²) < 4.78 is 0. The fourth-order valence-electron chi connectivity index (χ4n) is 2.28. The normalized spacial score (nSPS) is 10.5. The van der Waals surface area contributed by atoms with Crippen LogP contribution >= 0.6 is 0 Å². The van der Waals surface area contributed by atoms with E-state index in [1.54, 1.807) is 0 Å². The predicted octanol–water partition coefficient (Wildman–Crippen LogP) is 1.74. The molecular formula is C16H21N3O2. The van der Waals surface area contributed by atoms with Crippen molar-refractivity contribution in [1.29, 1.82) is 0 Å². The lowest BCUT2D eigenvalue weighted by molar-refractivity contribution is -0.122. The Hall–Kier alpha value is -2.30. The molecule has 0 unspecified atom stereocenters. The standard InChI is InChI=1S/C16H21N3O2/c1-2-17-16(21)9-10-18-15(20)8-7-12-11-19-14-6-4-3-5-13(12)14/h3-6,11,19H,2,7-10H2,1H3,(H,17,21)(H,18,20). The molecule has 1 aromatic heterocycles. The number of aromatic amines is 1. The molecule has 1 heterocycles. The lowest BCUT2D eigenvalue weighted by atomic mass is 10.1. The lowest BCUT2D eigenvalue weighted by Gasteiger charge is -2.05. The Morgan fingerprint density at radius 2 is 1.86 bits per heavy atom. The smallest absolute Gasteiger partial charge is 0.221 e. The van der Waals surface area contributed by atoms with Crippen LogP contribution in [-0.2, 0) is 16.0 Å². The molecule has 0 saturated carbocycles. The number of fused-ring (bicyclic) bond motifs is 1. The van der Waals surface area contributed by atoms with E-state index in [1.807, 2.05) is 37.4 Å². The summed E-state index contributed by atoms with van der Waals surface area (Å²) in [5.41, 5.74) is 2.23. The quantitative estimate of drug-likeness (QED) is 0.725. The molecule has 0 saturated heterocycles. The summed E-state index contributed by atoms with van der Waals surface area (Å²) in [7, 11) is 0. The van der Waals surface area contributed by atoms with Crippen LogP contribution in [0.4, 0.5) is 0 Å². The number of para-hydroxylation sites is 1. The second-order valence-corrected chi connectivity index (χ2v) is 4.91. The van der Waals surface area contributed by atoms with E-state index >= 15 is 0 Å². The van der Waals surface area contributed by atoms with Crippen LogP contribution in [0, 0.1) is 0 Å². The van der Waals surface area contributed by atoms with Gasteiger partial charge in [0, 0.05) is 43.0 Å². The summed E-state index contributed by atoms with van der Waals surface area (Å²) in [5, 5.41) is 6.63. The molecule has 0 aliphatic rings. The summed E-state index contributed by atoms with van der Waals surface area (Å²) in [6, 6.07) is 8.04. The zero-order chi connectivity index (χ0) is 15.1. The van der Waals surface area contributed by atoms with Gasteiger partial charge in [-0.1, -0.05) is 18.2 Å². The van der Waals surface area contributed by atoms with E-state index in [1.165, 1.54) is 0 Å². The second-order valence-electron chi connectivity index (χ2n) is 4.91. The van der Waals surface area contributed by atoms with Crippen LogP contribution < -0.4 is 10.6 Å². The number of benzene rings is 1. The minimum atomic E-state index is -0.0329. The van der Waals surface area contributed by atoms with Crippen molar-refractivity contribution < 1.29 is 9.59 Å². The molecule has 3 N–H and O–H groups in total. The number of rotatable bonds is 7. The Labute approximate surface area is 124 Å². The van der Waals surface area contributed by atoms with Gasteiger partial charge in [0.1, 0.15) is 0 Å². The van der Waals surface area contributed by atoms with Crippen LogP contribution in [0.3, 0.4) is 0 Å². The van der Waals surface area contributed by atoms with E-state index in [-0.39, 0.29) is 11.8 Å². The van der Waals surface area contributed by atoms with Gasteiger partial charge in [0.2, 0.25) is 11.8 Å². The van der Waals surface area contributed by atoms with Crippen molar-refractivity contribution in [3.05, 3.63) is 36.0 Å². The van der Waals surface area contributed by atoms with Crippen molar-refractivity contribution in [2.24, 2.45) is 0 Å². The highest BCUT2D eigenvalue weighted by molar-refractivity contribution is 5.84. The number of hydrogen-bond acceptors (Lipinski definition) is 2. The maximum Gasteiger partial charge on any atom is 0.221 e. The molecule has 5 nitrogen and oxygen atoms in total. The van der Waals surface area contributed by atoms with E-state index in [0.29, 0.717) is 32.4 Å². The molecule has 2 aromatic rings. The van der Waals surface area contributed by atoms with Gasteiger partial charge in [-0.3, -0.25) is 9.59 Å². The number of nitrogens with one attached hydrogen (secondary N) is 3. The van der Waals surface area contributed by atoms with Gasteiger partial charge in [0.05, 0.1) is 0 Å². The van der Waals surface area contributed by atoms with E-state index in [4.69, 9.17) is 0 Å². The van der Waals surface area contributed by atoms with Gasteiger partial charge in [-0.2, -0.15) is 0 Å². The summed E-state index contributed by atoms with van der Waals surface area (Å²) in [5.74, 6) is -0.0565. The number of amides is 2. The van der Waals surface area contributed by atoms with Gasteiger partial charge in [-0.15, -0.1) is 0 Å². The number of carbonyl (C=O) groups is 2. The monoisotopic (exact) mass is 287 g/mol. The minimum absolute atomic E-state index is 0.0235. The SMILES string of the molecule is CCNC(=O)CCNC(=O)CCc1c[nH]c2ccccc12.